The van der Waals surface area contributed by atoms with Crippen molar-refractivity contribution in [3.05, 3.63) is 35.9 Å². The van der Waals surface area contributed by atoms with Crippen LogP contribution in [-0.2, 0) is 5.33 Å². The highest BCUT2D eigenvalue weighted by atomic mass is 79.9. The van der Waals surface area contributed by atoms with Crippen LogP contribution in [0.15, 0.2) is 30.3 Å². The summed E-state index contributed by atoms with van der Waals surface area (Å²) in [7, 11) is 1.00. The van der Waals surface area contributed by atoms with Crippen molar-refractivity contribution in [3.63, 3.8) is 0 Å². The highest BCUT2D eigenvalue weighted by Crippen LogP contribution is 2.02. The number of rotatable bonds is 1. The summed E-state index contributed by atoms with van der Waals surface area (Å²) in [6.45, 7) is 0. The Labute approximate surface area is 69.8 Å². The van der Waals surface area contributed by atoms with Gasteiger partial charge in [-0.1, -0.05) is 46.3 Å². The van der Waals surface area contributed by atoms with Gasteiger partial charge in [0.2, 0.25) is 0 Å². The Bertz CT molecular complexity index is 151. The molecule has 1 nitrogen and oxygen atoms in total. The maximum absolute atomic E-state index is 7.00. The van der Waals surface area contributed by atoms with Crippen LogP contribution in [0.5, 0.6) is 0 Å². The molecule has 0 unspecified atom stereocenters. The largest absolute Gasteiger partial charge is 0.400 e. The fourth-order valence-electron chi connectivity index (χ4n) is 0.567. The van der Waals surface area contributed by atoms with E-state index in [1.165, 1.54) is 5.56 Å². The molecule has 1 aromatic rings. The lowest BCUT2D eigenvalue weighted by atomic mass is 10.2. The first kappa shape index (κ1) is 9.66. The van der Waals surface area contributed by atoms with Gasteiger partial charge < -0.3 is 5.11 Å². The SMILES string of the molecule is BrCc1ccccc1.CO. The number of aliphatic hydroxyl groups excluding tert-OH is 1. The molecule has 0 heterocycles. The van der Waals surface area contributed by atoms with Gasteiger partial charge in [-0.25, -0.2) is 0 Å². The molecule has 0 atom stereocenters. The number of hydrogen-bond donors (Lipinski definition) is 1. The Morgan fingerprint density at radius 3 is 2.00 bits per heavy atom. The van der Waals surface area contributed by atoms with E-state index in [9.17, 15) is 0 Å². The Morgan fingerprint density at radius 1 is 1.20 bits per heavy atom. The van der Waals surface area contributed by atoms with Crippen LogP contribution in [0.2, 0.25) is 0 Å². The molecule has 0 fully saturated rings. The van der Waals surface area contributed by atoms with Crippen LogP contribution < -0.4 is 0 Å². The molecule has 0 amide bonds. The van der Waals surface area contributed by atoms with Crippen LogP contribution in [-0.4, -0.2) is 12.2 Å². The van der Waals surface area contributed by atoms with Gasteiger partial charge in [-0.15, -0.1) is 0 Å². The predicted molar refractivity (Wildman–Crippen MR) is 47.2 cm³/mol. The van der Waals surface area contributed by atoms with Gasteiger partial charge in [-0.2, -0.15) is 0 Å². The molecule has 0 aromatic heterocycles. The molecular weight excluding hydrogens is 192 g/mol. The second-order valence-electron chi connectivity index (χ2n) is 1.62. The molecule has 56 valence electrons. The fraction of sp³-hybridized carbons (Fsp3) is 0.250. The smallest absolute Gasteiger partial charge is 0.0319 e. The molecule has 0 spiro atoms. The predicted octanol–water partition coefficient (Wildman–Crippen LogP) is 2.19. The maximum Gasteiger partial charge on any atom is 0.0319 e. The Kier molecular flexibility index (Phi) is 6.55. The van der Waals surface area contributed by atoms with Crippen LogP contribution in [0.25, 0.3) is 0 Å². The van der Waals surface area contributed by atoms with Crippen LogP contribution in [0.4, 0.5) is 0 Å². The minimum Gasteiger partial charge on any atom is -0.400 e. The minimum absolute atomic E-state index is 0.952. The summed E-state index contributed by atoms with van der Waals surface area (Å²) in [5, 5.41) is 7.95. The van der Waals surface area contributed by atoms with E-state index in [0.29, 0.717) is 0 Å². The molecule has 1 N–H and O–H groups in total. The van der Waals surface area contributed by atoms with Crippen LogP contribution in [0.3, 0.4) is 0 Å². The van der Waals surface area contributed by atoms with E-state index in [-0.39, 0.29) is 0 Å². The summed E-state index contributed by atoms with van der Waals surface area (Å²) in [5.74, 6) is 0. The Morgan fingerprint density at radius 2 is 1.70 bits per heavy atom. The summed E-state index contributed by atoms with van der Waals surface area (Å²) >= 11 is 3.36. The number of benzene rings is 1. The van der Waals surface area contributed by atoms with E-state index in [4.69, 9.17) is 5.11 Å². The first-order valence-corrected chi connectivity index (χ1v) is 4.10. The van der Waals surface area contributed by atoms with Crippen LogP contribution in [0.1, 0.15) is 5.56 Å². The molecule has 0 radical (unpaired) electrons. The third-order valence-electron chi connectivity index (χ3n) is 0.997. The number of hydrogen-bond acceptors (Lipinski definition) is 1. The van der Waals surface area contributed by atoms with Crippen molar-refractivity contribution in [3.8, 4) is 0 Å². The van der Waals surface area contributed by atoms with Crippen LogP contribution in [0, 0.1) is 0 Å². The zero-order valence-electron chi connectivity index (χ0n) is 5.92. The number of aliphatic hydroxyl groups is 1. The average molecular weight is 203 g/mol. The molecule has 0 aliphatic heterocycles. The molecule has 0 saturated carbocycles. The quantitative estimate of drug-likeness (QED) is 0.693. The molecule has 0 saturated heterocycles. The van der Waals surface area contributed by atoms with Gasteiger partial charge in [0.05, 0.1) is 0 Å². The summed E-state index contributed by atoms with van der Waals surface area (Å²) in [6.07, 6.45) is 0. The highest BCUT2D eigenvalue weighted by Gasteiger charge is 1.81. The normalized spacial score (nSPS) is 7.90. The summed E-state index contributed by atoms with van der Waals surface area (Å²) < 4.78 is 0. The molecule has 1 aromatic carbocycles. The molecular formula is C8H11BrO. The molecule has 0 bridgehead atoms. The fourth-order valence-corrected chi connectivity index (χ4v) is 0.941. The lowest BCUT2D eigenvalue weighted by Gasteiger charge is -1.88. The Balaban J connectivity index is 0.000000371. The van der Waals surface area contributed by atoms with E-state index < -0.39 is 0 Å². The van der Waals surface area contributed by atoms with E-state index in [0.717, 1.165) is 12.4 Å². The lowest BCUT2D eigenvalue weighted by molar-refractivity contribution is 0.399. The van der Waals surface area contributed by atoms with Crippen molar-refractivity contribution >= 4 is 15.9 Å². The maximum atomic E-state index is 7.00. The van der Waals surface area contributed by atoms with Gasteiger partial charge in [-0.3, -0.25) is 0 Å². The first-order valence-electron chi connectivity index (χ1n) is 2.98. The third kappa shape index (κ3) is 3.64. The number of halogens is 1. The summed E-state index contributed by atoms with van der Waals surface area (Å²) in [6, 6.07) is 10.3. The standard InChI is InChI=1S/C7H7Br.CH4O/c8-6-7-4-2-1-3-5-7;1-2/h1-5H,6H2;2H,1H3. The van der Waals surface area contributed by atoms with Crippen LogP contribution >= 0.6 is 15.9 Å². The van der Waals surface area contributed by atoms with Gasteiger partial charge in [0.1, 0.15) is 0 Å². The van der Waals surface area contributed by atoms with Crippen molar-refractivity contribution in [1.82, 2.24) is 0 Å². The second kappa shape index (κ2) is 6.78. The van der Waals surface area contributed by atoms with Gasteiger partial charge in [-0.05, 0) is 5.56 Å². The Hall–Kier alpha value is -0.340. The molecule has 10 heavy (non-hydrogen) atoms. The van der Waals surface area contributed by atoms with E-state index in [1.807, 2.05) is 18.2 Å². The van der Waals surface area contributed by atoms with Crippen molar-refractivity contribution in [2.45, 2.75) is 5.33 Å². The first-order chi connectivity index (χ1) is 4.93. The van der Waals surface area contributed by atoms with E-state index >= 15 is 0 Å². The van der Waals surface area contributed by atoms with Crippen molar-refractivity contribution in [2.75, 3.05) is 7.11 Å². The zero-order chi connectivity index (χ0) is 7.82. The lowest BCUT2D eigenvalue weighted by Crippen LogP contribution is -1.70. The van der Waals surface area contributed by atoms with Crippen molar-refractivity contribution < 1.29 is 5.11 Å². The zero-order valence-corrected chi connectivity index (χ0v) is 7.51. The topological polar surface area (TPSA) is 20.2 Å². The second-order valence-corrected chi connectivity index (χ2v) is 2.18. The molecule has 1 rings (SSSR count). The molecule has 2 heteroatoms. The monoisotopic (exact) mass is 202 g/mol. The summed E-state index contributed by atoms with van der Waals surface area (Å²) in [5.41, 5.74) is 1.33. The van der Waals surface area contributed by atoms with Crippen molar-refractivity contribution in [1.29, 1.82) is 0 Å². The van der Waals surface area contributed by atoms with E-state index in [1.54, 1.807) is 0 Å². The summed E-state index contributed by atoms with van der Waals surface area (Å²) in [4.78, 5) is 0. The van der Waals surface area contributed by atoms with Gasteiger partial charge in [0.25, 0.3) is 0 Å². The average Bonchev–Trinajstić information content (AvgIpc) is 2.10. The number of alkyl halides is 1. The highest BCUT2D eigenvalue weighted by molar-refractivity contribution is 9.08. The minimum atomic E-state index is 0.952. The van der Waals surface area contributed by atoms with Crippen molar-refractivity contribution in [2.24, 2.45) is 0 Å². The van der Waals surface area contributed by atoms with E-state index in [2.05, 4.69) is 28.1 Å². The van der Waals surface area contributed by atoms with Gasteiger partial charge in [0.15, 0.2) is 0 Å². The third-order valence-corrected chi connectivity index (χ3v) is 1.64. The van der Waals surface area contributed by atoms with Gasteiger partial charge >= 0.3 is 0 Å². The molecule has 0 aliphatic carbocycles. The van der Waals surface area contributed by atoms with Gasteiger partial charge in [0, 0.05) is 12.4 Å². The molecule has 0 aliphatic rings.